The first kappa shape index (κ1) is 21.3. The van der Waals surface area contributed by atoms with Crippen LogP contribution >= 0.6 is 0 Å². The van der Waals surface area contributed by atoms with Crippen molar-refractivity contribution in [1.82, 2.24) is 15.1 Å². The summed E-state index contributed by atoms with van der Waals surface area (Å²) in [5.74, 6) is -0.532. The van der Waals surface area contributed by atoms with E-state index in [1.807, 2.05) is 4.90 Å². The van der Waals surface area contributed by atoms with Crippen LogP contribution < -0.4 is 5.32 Å². The fourth-order valence-corrected chi connectivity index (χ4v) is 3.30. The maximum atomic E-state index is 13.6. The number of nitrogens with one attached hydrogen (secondary N) is 1. The van der Waals surface area contributed by atoms with Crippen LogP contribution in [0.5, 0.6) is 0 Å². The molecule has 29 heavy (non-hydrogen) atoms. The number of halogens is 4. The van der Waals surface area contributed by atoms with Crippen LogP contribution in [0.4, 0.5) is 17.6 Å². The monoisotopic (exact) mass is 409 g/mol. The number of carbonyl (C=O) groups excluding carboxylic acids is 1. The van der Waals surface area contributed by atoms with Crippen molar-refractivity contribution in [3.63, 3.8) is 0 Å². The minimum atomic E-state index is -4.34. The van der Waals surface area contributed by atoms with Gasteiger partial charge in [0, 0.05) is 44.8 Å². The van der Waals surface area contributed by atoms with Crippen LogP contribution in [0.25, 0.3) is 0 Å². The lowest BCUT2D eigenvalue weighted by atomic mass is 10.1. The molecular weight excluding hydrogens is 386 g/mol. The number of alkyl halides is 3. The summed E-state index contributed by atoms with van der Waals surface area (Å²) in [5.41, 5.74) is 0.419. The highest BCUT2D eigenvalue weighted by Gasteiger charge is 2.30. The van der Waals surface area contributed by atoms with E-state index < -0.39 is 11.7 Å². The lowest BCUT2D eigenvalue weighted by molar-refractivity contribution is -0.137. The summed E-state index contributed by atoms with van der Waals surface area (Å²) < 4.78 is 52.1. The van der Waals surface area contributed by atoms with E-state index in [9.17, 15) is 22.4 Å². The van der Waals surface area contributed by atoms with E-state index in [1.54, 1.807) is 24.3 Å². The molecule has 1 fully saturated rings. The van der Waals surface area contributed by atoms with Crippen LogP contribution in [0.3, 0.4) is 0 Å². The van der Waals surface area contributed by atoms with Crippen molar-refractivity contribution in [2.75, 3.05) is 32.7 Å². The van der Waals surface area contributed by atoms with Crippen LogP contribution in [0.2, 0.25) is 0 Å². The van der Waals surface area contributed by atoms with Gasteiger partial charge in [-0.1, -0.05) is 36.4 Å². The zero-order valence-corrected chi connectivity index (χ0v) is 15.9. The molecule has 1 aliphatic rings. The Morgan fingerprint density at radius 3 is 2.34 bits per heavy atom. The van der Waals surface area contributed by atoms with Crippen molar-refractivity contribution in [2.45, 2.75) is 19.3 Å². The maximum Gasteiger partial charge on any atom is 0.416 e. The van der Waals surface area contributed by atoms with E-state index in [2.05, 4.69) is 10.2 Å². The van der Waals surface area contributed by atoms with Gasteiger partial charge in [-0.05, 0) is 17.7 Å². The van der Waals surface area contributed by atoms with Crippen molar-refractivity contribution < 1.29 is 22.4 Å². The lowest BCUT2D eigenvalue weighted by Crippen LogP contribution is -2.49. The molecule has 1 amide bonds. The van der Waals surface area contributed by atoms with Crippen LogP contribution in [0, 0.1) is 5.82 Å². The molecule has 3 rings (SSSR count). The third-order valence-electron chi connectivity index (χ3n) is 4.93. The molecule has 2 aromatic carbocycles. The number of amides is 1. The fourth-order valence-electron chi connectivity index (χ4n) is 3.30. The van der Waals surface area contributed by atoms with Gasteiger partial charge < -0.3 is 5.32 Å². The minimum absolute atomic E-state index is 0.140. The molecule has 1 heterocycles. The molecule has 0 unspecified atom stereocenters. The molecule has 1 N–H and O–H groups in total. The van der Waals surface area contributed by atoms with Gasteiger partial charge in [0.2, 0.25) is 5.91 Å². The topological polar surface area (TPSA) is 35.6 Å². The summed E-state index contributed by atoms with van der Waals surface area (Å²) in [7, 11) is 0. The number of hydrogen-bond acceptors (Lipinski definition) is 3. The number of hydrogen-bond donors (Lipinski definition) is 1. The molecule has 0 radical (unpaired) electrons. The van der Waals surface area contributed by atoms with Gasteiger partial charge in [-0.15, -0.1) is 0 Å². The predicted molar refractivity (Wildman–Crippen MR) is 101 cm³/mol. The molecule has 2 aromatic rings. The van der Waals surface area contributed by atoms with Crippen LogP contribution in [-0.4, -0.2) is 48.4 Å². The Bertz CT molecular complexity index is 833. The highest BCUT2D eigenvalue weighted by atomic mass is 19.4. The highest BCUT2D eigenvalue weighted by molar-refractivity contribution is 5.78. The molecule has 0 bridgehead atoms. The second-order valence-corrected chi connectivity index (χ2v) is 7.12. The van der Waals surface area contributed by atoms with Crippen molar-refractivity contribution in [1.29, 1.82) is 0 Å². The molecule has 0 spiro atoms. The zero-order valence-electron chi connectivity index (χ0n) is 15.9. The van der Waals surface area contributed by atoms with Gasteiger partial charge in [0.15, 0.2) is 0 Å². The van der Waals surface area contributed by atoms with E-state index in [0.717, 1.165) is 6.07 Å². The van der Waals surface area contributed by atoms with Gasteiger partial charge in [0.1, 0.15) is 5.82 Å². The average Bonchev–Trinajstić information content (AvgIpc) is 2.68. The standard InChI is InChI=1S/C21H23F4N3O/c22-19-7-2-1-5-17(19)13-26-20(29)15-28-10-8-27(9-11-28)14-16-4-3-6-18(12-16)21(23,24)25/h1-7,12H,8-11,13-15H2,(H,26,29). The van der Waals surface area contributed by atoms with Crippen molar-refractivity contribution >= 4 is 5.91 Å². The third-order valence-corrected chi connectivity index (χ3v) is 4.93. The summed E-state index contributed by atoms with van der Waals surface area (Å²) in [6.45, 7) is 3.41. The van der Waals surface area contributed by atoms with Crippen molar-refractivity contribution in [2.24, 2.45) is 0 Å². The molecule has 0 aromatic heterocycles. The Hall–Kier alpha value is -2.45. The third kappa shape index (κ3) is 6.27. The zero-order chi connectivity index (χ0) is 20.9. The summed E-state index contributed by atoms with van der Waals surface area (Å²) in [6, 6.07) is 11.7. The number of benzene rings is 2. The Morgan fingerprint density at radius 2 is 1.66 bits per heavy atom. The van der Waals surface area contributed by atoms with Gasteiger partial charge in [-0.2, -0.15) is 13.2 Å². The molecule has 0 aliphatic carbocycles. The van der Waals surface area contributed by atoms with Gasteiger partial charge in [0.25, 0.3) is 0 Å². The molecule has 1 aliphatic heterocycles. The first-order valence-electron chi connectivity index (χ1n) is 9.42. The largest absolute Gasteiger partial charge is 0.416 e. The quantitative estimate of drug-likeness (QED) is 0.744. The molecule has 1 saturated heterocycles. The second kappa shape index (κ2) is 9.37. The Morgan fingerprint density at radius 1 is 0.966 bits per heavy atom. The number of nitrogens with zero attached hydrogens (tertiary/aromatic N) is 2. The van der Waals surface area contributed by atoms with Gasteiger partial charge in [0.05, 0.1) is 12.1 Å². The SMILES string of the molecule is O=C(CN1CCN(Cc2cccc(C(F)(F)F)c2)CC1)NCc1ccccc1F. The highest BCUT2D eigenvalue weighted by Crippen LogP contribution is 2.29. The van der Waals surface area contributed by atoms with Crippen molar-refractivity contribution in [3.05, 3.63) is 71.0 Å². The summed E-state index contributed by atoms with van der Waals surface area (Å²) >= 11 is 0. The fraction of sp³-hybridized carbons (Fsp3) is 0.381. The average molecular weight is 409 g/mol. The lowest BCUT2D eigenvalue weighted by Gasteiger charge is -2.34. The first-order valence-corrected chi connectivity index (χ1v) is 9.42. The van der Waals surface area contributed by atoms with Crippen LogP contribution in [-0.2, 0) is 24.1 Å². The van der Waals surface area contributed by atoms with E-state index in [0.29, 0.717) is 43.9 Å². The van der Waals surface area contributed by atoms with Gasteiger partial charge in [-0.25, -0.2) is 4.39 Å². The second-order valence-electron chi connectivity index (χ2n) is 7.12. The normalized spacial score (nSPS) is 16.0. The summed E-state index contributed by atoms with van der Waals surface area (Å²) in [4.78, 5) is 16.2. The minimum Gasteiger partial charge on any atom is -0.351 e. The van der Waals surface area contributed by atoms with Crippen molar-refractivity contribution in [3.8, 4) is 0 Å². The Balaban J connectivity index is 1.42. The van der Waals surface area contributed by atoms with E-state index in [1.165, 1.54) is 18.2 Å². The van der Waals surface area contributed by atoms with E-state index in [4.69, 9.17) is 0 Å². The van der Waals surface area contributed by atoms with Crippen LogP contribution in [0.15, 0.2) is 48.5 Å². The van der Waals surface area contributed by atoms with E-state index >= 15 is 0 Å². The molecule has 8 heteroatoms. The first-order chi connectivity index (χ1) is 13.8. The maximum absolute atomic E-state index is 13.6. The van der Waals surface area contributed by atoms with E-state index in [-0.39, 0.29) is 24.8 Å². The van der Waals surface area contributed by atoms with Crippen LogP contribution in [0.1, 0.15) is 16.7 Å². The smallest absolute Gasteiger partial charge is 0.351 e. The predicted octanol–water partition coefficient (Wildman–Crippen LogP) is 3.28. The van der Waals surface area contributed by atoms with Gasteiger partial charge in [-0.3, -0.25) is 14.6 Å². The summed E-state index contributed by atoms with van der Waals surface area (Å²) in [5, 5.41) is 2.72. The molecular formula is C21H23F4N3O. The number of rotatable bonds is 6. The molecule has 0 atom stereocenters. The Labute approximate surface area is 167 Å². The number of piperazine rings is 1. The Kier molecular flexibility index (Phi) is 6.87. The molecule has 0 saturated carbocycles. The van der Waals surface area contributed by atoms with Gasteiger partial charge >= 0.3 is 6.18 Å². The number of carbonyl (C=O) groups is 1. The summed E-state index contributed by atoms with van der Waals surface area (Å²) in [6.07, 6.45) is -4.34. The molecule has 156 valence electrons. The molecule has 4 nitrogen and oxygen atoms in total.